The number of hydrogen-bond acceptors (Lipinski definition) is 3. The monoisotopic (exact) mass is 481 g/mol. The molecule has 1 amide bonds. The van der Waals surface area contributed by atoms with Crippen LogP contribution in [0.5, 0.6) is 5.75 Å². The summed E-state index contributed by atoms with van der Waals surface area (Å²) >= 11 is 0. The van der Waals surface area contributed by atoms with Gasteiger partial charge in [0.2, 0.25) is 5.91 Å². The van der Waals surface area contributed by atoms with Crippen LogP contribution >= 0.6 is 0 Å². The molecular formula is C30H31N3O3. The lowest BCUT2D eigenvalue weighted by molar-refractivity contribution is -0.136. The molecule has 1 aliphatic heterocycles. The van der Waals surface area contributed by atoms with Crippen molar-refractivity contribution in [2.24, 2.45) is 13.0 Å². The summed E-state index contributed by atoms with van der Waals surface area (Å²) in [7, 11) is 2.07. The number of rotatable bonds is 5. The fraction of sp³-hybridized carbons (Fsp3) is 0.333. The molecule has 2 aromatic heterocycles. The summed E-state index contributed by atoms with van der Waals surface area (Å²) in [6, 6.07) is 19.5. The minimum Gasteiger partial charge on any atom is -0.489 e. The Balaban J connectivity index is 1.25. The van der Waals surface area contributed by atoms with Crippen molar-refractivity contribution in [1.29, 1.82) is 0 Å². The summed E-state index contributed by atoms with van der Waals surface area (Å²) in [5, 5.41) is 1.21. The second-order valence-electron chi connectivity index (χ2n) is 10.0. The average Bonchev–Trinajstić information content (AvgIpc) is 3.55. The molecule has 2 aromatic carbocycles. The lowest BCUT2D eigenvalue weighted by Crippen LogP contribution is -2.39. The summed E-state index contributed by atoms with van der Waals surface area (Å²) in [6.07, 6.45) is 7.06. The Morgan fingerprint density at radius 1 is 1.03 bits per heavy atom. The number of aryl methyl sites for hydroxylation is 1. The van der Waals surface area contributed by atoms with E-state index in [9.17, 15) is 9.59 Å². The Labute approximate surface area is 210 Å². The average molecular weight is 482 g/mol. The quantitative estimate of drug-likeness (QED) is 0.404. The molecule has 36 heavy (non-hydrogen) atoms. The van der Waals surface area contributed by atoms with Gasteiger partial charge in [-0.05, 0) is 48.6 Å². The molecule has 0 radical (unpaired) electrons. The van der Waals surface area contributed by atoms with Gasteiger partial charge in [-0.25, -0.2) is 0 Å². The molecule has 4 aromatic rings. The maximum atomic E-state index is 13.0. The van der Waals surface area contributed by atoms with E-state index in [1.54, 1.807) is 10.8 Å². The van der Waals surface area contributed by atoms with Gasteiger partial charge in [-0.1, -0.05) is 49.2 Å². The van der Waals surface area contributed by atoms with Gasteiger partial charge >= 0.3 is 0 Å². The highest BCUT2D eigenvalue weighted by Gasteiger charge is 2.31. The second-order valence-corrected chi connectivity index (χ2v) is 10.0. The van der Waals surface area contributed by atoms with Gasteiger partial charge in [0.25, 0.3) is 5.56 Å². The van der Waals surface area contributed by atoms with Gasteiger partial charge in [-0.15, -0.1) is 0 Å². The number of amides is 1. The zero-order valence-corrected chi connectivity index (χ0v) is 20.7. The third kappa shape index (κ3) is 4.11. The van der Waals surface area contributed by atoms with Gasteiger partial charge in [-0.2, -0.15) is 0 Å². The lowest BCUT2D eigenvalue weighted by Gasteiger charge is -2.30. The molecule has 1 fully saturated rings. The zero-order chi connectivity index (χ0) is 24.6. The van der Waals surface area contributed by atoms with Crippen molar-refractivity contribution in [3.8, 4) is 11.4 Å². The molecule has 3 heterocycles. The highest BCUT2D eigenvalue weighted by molar-refractivity contribution is 5.88. The third-order valence-corrected chi connectivity index (χ3v) is 7.83. The van der Waals surface area contributed by atoms with E-state index in [4.69, 9.17) is 4.74 Å². The summed E-state index contributed by atoms with van der Waals surface area (Å²) in [4.78, 5) is 28.0. The van der Waals surface area contributed by atoms with Gasteiger partial charge in [0.1, 0.15) is 12.4 Å². The van der Waals surface area contributed by atoms with Crippen LogP contribution < -0.4 is 10.3 Å². The maximum Gasteiger partial charge on any atom is 0.258 e. The molecule has 0 saturated heterocycles. The van der Waals surface area contributed by atoms with Crippen molar-refractivity contribution >= 4 is 16.8 Å². The first kappa shape index (κ1) is 22.7. The molecule has 0 bridgehead atoms. The van der Waals surface area contributed by atoms with Crippen LogP contribution in [0, 0.1) is 5.92 Å². The Morgan fingerprint density at radius 2 is 1.83 bits per heavy atom. The topological polar surface area (TPSA) is 56.5 Å². The van der Waals surface area contributed by atoms with E-state index in [-0.39, 0.29) is 11.5 Å². The minimum atomic E-state index is -0.132. The molecule has 2 aliphatic rings. The van der Waals surface area contributed by atoms with E-state index in [1.807, 2.05) is 42.5 Å². The van der Waals surface area contributed by atoms with Crippen LogP contribution in [0.15, 0.2) is 71.7 Å². The lowest BCUT2D eigenvalue weighted by atomic mass is 10.0. The number of nitrogens with zero attached hydrogens (tertiary/aromatic N) is 3. The van der Waals surface area contributed by atoms with Crippen LogP contribution in [0.4, 0.5) is 0 Å². The van der Waals surface area contributed by atoms with E-state index in [0.29, 0.717) is 24.8 Å². The Kier molecular flexibility index (Phi) is 5.88. The van der Waals surface area contributed by atoms with Crippen molar-refractivity contribution in [3.05, 3.63) is 94.0 Å². The fourth-order valence-electron chi connectivity index (χ4n) is 5.82. The number of benzene rings is 2. The van der Waals surface area contributed by atoms with Crippen LogP contribution in [0.2, 0.25) is 0 Å². The molecule has 1 saturated carbocycles. The Bertz CT molecular complexity index is 1480. The predicted octanol–water partition coefficient (Wildman–Crippen LogP) is 4.98. The highest BCUT2D eigenvalue weighted by Crippen LogP contribution is 2.33. The van der Waals surface area contributed by atoms with Crippen molar-refractivity contribution in [3.63, 3.8) is 0 Å². The number of hydrogen-bond donors (Lipinski definition) is 0. The van der Waals surface area contributed by atoms with Crippen LogP contribution in [0.1, 0.15) is 42.5 Å². The fourth-order valence-corrected chi connectivity index (χ4v) is 5.82. The number of aromatic nitrogens is 2. The van der Waals surface area contributed by atoms with Gasteiger partial charge in [0.15, 0.2) is 0 Å². The first-order valence-electron chi connectivity index (χ1n) is 12.9. The van der Waals surface area contributed by atoms with Crippen LogP contribution in [0.25, 0.3) is 16.6 Å². The van der Waals surface area contributed by atoms with Crippen molar-refractivity contribution in [1.82, 2.24) is 14.0 Å². The summed E-state index contributed by atoms with van der Waals surface area (Å²) in [5.41, 5.74) is 5.36. The molecule has 6 heteroatoms. The minimum absolute atomic E-state index is 0.132. The molecule has 184 valence electrons. The standard InChI is InChI=1S/C30H31N3O3/c1-31-27-17-23(33-16-13-24(18-29(33)34)36-20-21-7-3-2-4-8-21)11-12-25(27)26-14-15-32(19-28(26)31)30(35)22-9-5-6-10-22/h2-4,7-8,11-13,16-18,22H,5-6,9-10,14-15,19-20H2,1H3. The molecule has 6 rings (SSSR count). The Morgan fingerprint density at radius 3 is 2.61 bits per heavy atom. The van der Waals surface area contributed by atoms with Crippen molar-refractivity contribution in [2.75, 3.05) is 6.54 Å². The third-order valence-electron chi connectivity index (χ3n) is 7.83. The van der Waals surface area contributed by atoms with Crippen LogP contribution in [0.3, 0.4) is 0 Å². The molecule has 0 N–H and O–H groups in total. The number of pyridine rings is 1. The summed E-state index contributed by atoms with van der Waals surface area (Å²) in [6.45, 7) is 1.87. The van der Waals surface area contributed by atoms with Gasteiger partial charge < -0.3 is 14.2 Å². The van der Waals surface area contributed by atoms with E-state index >= 15 is 0 Å². The molecule has 6 nitrogen and oxygen atoms in total. The second kappa shape index (κ2) is 9.34. The van der Waals surface area contributed by atoms with Gasteiger partial charge in [0, 0.05) is 42.9 Å². The molecular weight excluding hydrogens is 450 g/mol. The largest absolute Gasteiger partial charge is 0.489 e. The number of carbonyl (C=O) groups is 1. The number of fused-ring (bicyclic) bond motifs is 3. The highest BCUT2D eigenvalue weighted by atomic mass is 16.5. The zero-order valence-electron chi connectivity index (χ0n) is 20.7. The van der Waals surface area contributed by atoms with E-state index in [2.05, 4.69) is 28.6 Å². The molecule has 0 unspecified atom stereocenters. The van der Waals surface area contributed by atoms with E-state index < -0.39 is 0 Å². The van der Waals surface area contributed by atoms with Crippen molar-refractivity contribution < 1.29 is 9.53 Å². The summed E-state index contributed by atoms with van der Waals surface area (Å²) < 4.78 is 9.67. The smallest absolute Gasteiger partial charge is 0.258 e. The molecule has 0 atom stereocenters. The predicted molar refractivity (Wildman–Crippen MR) is 140 cm³/mol. The van der Waals surface area contributed by atoms with E-state index in [1.165, 1.54) is 35.6 Å². The van der Waals surface area contributed by atoms with E-state index in [0.717, 1.165) is 42.6 Å². The number of ether oxygens (including phenoxy) is 1. The van der Waals surface area contributed by atoms with Crippen LogP contribution in [-0.4, -0.2) is 26.5 Å². The maximum absolute atomic E-state index is 13.0. The van der Waals surface area contributed by atoms with Crippen molar-refractivity contribution in [2.45, 2.75) is 45.3 Å². The Hall–Kier alpha value is -3.80. The summed E-state index contributed by atoms with van der Waals surface area (Å²) in [5.74, 6) is 1.09. The van der Waals surface area contributed by atoms with Crippen LogP contribution in [-0.2, 0) is 31.4 Å². The SMILES string of the molecule is Cn1c2c(c3ccc(-n4ccc(OCc5ccccc5)cc4=O)cc31)CCN(C(=O)C1CCCC1)C2. The molecule has 0 spiro atoms. The van der Waals surface area contributed by atoms with Gasteiger partial charge in [0.05, 0.1) is 17.7 Å². The first-order valence-corrected chi connectivity index (χ1v) is 12.9. The molecule has 1 aliphatic carbocycles. The first-order chi connectivity index (χ1) is 17.6. The number of carbonyl (C=O) groups excluding carboxylic acids is 1. The normalized spacial score (nSPS) is 15.9. The van der Waals surface area contributed by atoms with Gasteiger partial charge in [-0.3, -0.25) is 14.2 Å².